The Morgan fingerprint density at radius 2 is 1.86 bits per heavy atom. The molecule has 28 heavy (non-hydrogen) atoms. The number of esters is 1. The van der Waals surface area contributed by atoms with Crippen LogP contribution in [0.3, 0.4) is 0 Å². The van der Waals surface area contributed by atoms with Crippen molar-refractivity contribution in [2.75, 3.05) is 0 Å². The number of hydrogen-bond donors (Lipinski definition) is 1. The molecule has 1 aromatic rings. The van der Waals surface area contributed by atoms with Gasteiger partial charge in [-0.3, -0.25) is 9.59 Å². The number of rotatable bonds is 3. The third-order valence-corrected chi connectivity index (χ3v) is 6.46. The van der Waals surface area contributed by atoms with Gasteiger partial charge < -0.3 is 10.1 Å². The maximum Gasteiger partial charge on any atom is 0.316 e. The van der Waals surface area contributed by atoms with Crippen molar-refractivity contribution in [1.82, 2.24) is 5.32 Å². The zero-order valence-electron chi connectivity index (χ0n) is 16.0. The smallest absolute Gasteiger partial charge is 0.316 e. The second-order valence-electron chi connectivity index (χ2n) is 7.99. The normalized spacial score (nSPS) is 25.9. The van der Waals surface area contributed by atoms with Gasteiger partial charge in [0.2, 0.25) is 0 Å². The van der Waals surface area contributed by atoms with Crippen LogP contribution in [0, 0.1) is 5.92 Å². The Labute approximate surface area is 171 Å². The first kappa shape index (κ1) is 19.3. The molecule has 1 aliphatic heterocycles. The van der Waals surface area contributed by atoms with E-state index < -0.39 is 11.8 Å². The molecule has 1 saturated carbocycles. The summed E-state index contributed by atoms with van der Waals surface area (Å²) in [5.74, 6) is -1.31. The standard InChI is InChI=1S/C23H26ClNO3/c1-14-20(23(27)28-15-8-3-2-4-9-15)21(16-10-5-6-11-17(16)24)22-18(25-14)12-7-13-19(22)26/h5-6,10-11,15,20-21,25H,1-4,7-9,12-13H2. The summed E-state index contributed by atoms with van der Waals surface area (Å²) >= 11 is 6.51. The molecule has 0 bridgehead atoms. The Hall–Kier alpha value is -2.07. The molecular formula is C23H26ClNO3. The molecule has 1 N–H and O–H groups in total. The number of carbonyl (C=O) groups is 2. The lowest BCUT2D eigenvalue weighted by molar-refractivity contribution is -0.155. The Morgan fingerprint density at radius 3 is 2.61 bits per heavy atom. The van der Waals surface area contributed by atoms with E-state index in [1.54, 1.807) is 6.07 Å². The van der Waals surface area contributed by atoms with Crippen LogP contribution in [0.25, 0.3) is 0 Å². The molecule has 4 rings (SSSR count). The molecule has 0 aromatic heterocycles. The van der Waals surface area contributed by atoms with Crippen molar-refractivity contribution in [3.63, 3.8) is 0 Å². The van der Waals surface area contributed by atoms with Gasteiger partial charge >= 0.3 is 5.97 Å². The molecular weight excluding hydrogens is 374 g/mol. The molecule has 148 valence electrons. The Balaban J connectivity index is 1.73. The van der Waals surface area contributed by atoms with Crippen LogP contribution in [0.15, 0.2) is 47.8 Å². The van der Waals surface area contributed by atoms with E-state index in [1.165, 1.54) is 6.42 Å². The largest absolute Gasteiger partial charge is 0.462 e. The van der Waals surface area contributed by atoms with Crippen LogP contribution in [0.1, 0.15) is 62.8 Å². The van der Waals surface area contributed by atoms with Gasteiger partial charge in [0.05, 0.1) is 0 Å². The summed E-state index contributed by atoms with van der Waals surface area (Å²) in [5, 5.41) is 3.81. The summed E-state index contributed by atoms with van der Waals surface area (Å²) in [7, 11) is 0. The SMILES string of the molecule is C=C1NC2=C(C(=O)CCC2)C(c2ccccc2Cl)C1C(=O)OC1CCCCC1. The number of carbonyl (C=O) groups excluding carboxylic acids is 2. The Kier molecular flexibility index (Phi) is 5.58. The van der Waals surface area contributed by atoms with Gasteiger partial charge in [-0.1, -0.05) is 42.8 Å². The van der Waals surface area contributed by atoms with Crippen LogP contribution in [0.5, 0.6) is 0 Å². The van der Waals surface area contributed by atoms with Crippen LogP contribution in [-0.4, -0.2) is 17.9 Å². The highest BCUT2D eigenvalue weighted by Gasteiger charge is 2.45. The van der Waals surface area contributed by atoms with Crippen LogP contribution >= 0.6 is 11.6 Å². The minimum atomic E-state index is -0.650. The molecule has 0 radical (unpaired) electrons. The molecule has 5 heteroatoms. The first-order valence-corrected chi connectivity index (χ1v) is 10.6. The number of ether oxygens (including phenoxy) is 1. The third kappa shape index (κ3) is 3.62. The van der Waals surface area contributed by atoms with E-state index in [0.717, 1.165) is 49.8 Å². The summed E-state index contributed by atoms with van der Waals surface area (Å²) in [6, 6.07) is 7.45. The average Bonchev–Trinajstić information content (AvgIpc) is 2.68. The highest BCUT2D eigenvalue weighted by molar-refractivity contribution is 6.31. The van der Waals surface area contributed by atoms with Crippen molar-refractivity contribution >= 4 is 23.4 Å². The summed E-state index contributed by atoms with van der Waals surface area (Å²) < 4.78 is 5.89. The lowest BCUT2D eigenvalue weighted by Crippen LogP contribution is -2.42. The molecule has 2 aliphatic carbocycles. The zero-order valence-corrected chi connectivity index (χ0v) is 16.8. The third-order valence-electron chi connectivity index (χ3n) is 6.12. The van der Waals surface area contributed by atoms with E-state index in [1.807, 2.05) is 18.2 Å². The van der Waals surface area contributed by atoms with E-state index >= 15 is 0 Å². The maximum atomic E-state index is 13.3. The molecule has 2 atom stereocenters. The van der Waals surface area contributed by atoms with Crippen molar-refractivity contribution in [3.8, 4) is 0 Å². The van der Waals surface area contributed by atoms with Gasteiger partial charge in [-0.25, -0.2) is 0 Å². The lowest BCUT2D eigenvalue weighted by atomic mass is 9.71. The number of allylic oxidation sites excluding steroid dienone is 2. The number of nitrogens with one attached hydrogen (secondary N) is 1. The Morgan fingerprint density at radius 1 is 1.11 bits per heavy atom. The first-order valence-electron chi connectivity index (χ1n) is 10.2. The molecule has 3 aliphatic rings. The van der Waals surface area contributed by atoms with Crippen molar-refractivity contribution in [2.24, 2.45) is 5.92 Å². The molecule has 0 spiro atoms. The fourth-order valence-electron chi connectivity index (χ4n) is 4.76. The van der Waals surface area contributed by atoms with Gasteiger partial charge in [0, 0.05) is 34.3 Å². The topological polar surface area (TPSA) is 55.4 Å². The first-order chi connectivity index (χ1) is 13.6. The Bertz CT molecular complexity index is 838. The van der Waals surface area contributed by atoms with Crippen molar-refractivity contribution in [2.45, 2.75) is 63.4 Å². The quantitative estimate of drug-likeness (QED) is 0.723. The van der Waals surface area contributed by atoms with Crippen LogP contribution < -0.4 is 5.32 Å². The fraction of sp³-hybridized carbons (Fsp3) is 0.478. The molecule has 0 amide bonds. The predicted molar refractivity (Wildman–Crippen MR) is 109 cm³/mol. The van der Waals surface area contributed by atoms with Gasteiger partial charge in [0.25, 0.3) is 0 Å². The number of hydrogen-bond acceptors (Lipinski definition) is 4. The summed E-state index contributed by atoms with van der Waals surface area (Å²) in [6.45, 7) is 4.13. The maximum absolute atomic E-state index is 13.3. The van der Waals surface area contributed by atoms with Gasteiger partial charge in [-0.15, -0.1) is 0 Å². The number of ketones is 1. The van der Waals surface area contributed by atoms with E-state index in [0.29, 0.717) is 22.7 Å². The van der Waals surface area contributed by atoms with Gasteiger partial charge in [-0.05, 0) is 50.2 Å². The summed E-state index contributed by atoms with van der Waals surface area (Å²) in [6.07, 6.45) is 7.22. The van der Waals surface area contributed by atoms with Gasteiger partial charge in [0.1, 0.15) is 12.0 Å². The molecule has 1 heterocycles. The minimum Gasteiger partial charge on any atom is -0.462 e. The fourth-order valence-corrected chi connectivity index (χ4v) is 5.01. The second kappa shape index (κ2) is 8.12. The summed E-state index contributed by atoms with van der Waals surface area (Å²) in [4.78, 5) is 26.1. The van der Waals surface area contributed by atoms with Crippen molar-refractivity contribution in [3.05, 3.63) is 58.4 Å². The molecule has 2 unspecified atom stereocenters. The molecule has 0 saturated heterocycles. The molecule has 4 nitrogen and oxygen atoms in total. The van der Waals surface area contributed by atoms with E-state index in [-0.39, 0.29) is 17.9 Å². The highest BCUT2D eigenvalue weighted by Crippen LogP contribution is 2.46. The van der Waals surface area contributed by atoms with E-state index in [9.17, 15) is 9.59 Å². The van der Waals surface area contributed by atoms with Crippen LogP contribution in [-0.2, 0) is 14.3 Å². The lowest BCUT2D eigenvalue weighted by Gasteiger charge is -2.39. The number of benzene rings is 1. The van der Waals surface area contributed by atoms with E-state index in [4.69, 9.17) is 16.3 Å². The number of Topliss-reactive ketones (excluding diaryl/α,β-unsaturated/α-hetero) is 1. The molecule has 1 fully saturated rings. The van der Waals surface area contributed by atoms with Crippen molar-refractivity contribution in [1.29, 1.82) is 0 Å². The summed E-state index contributed by atoms with van der Waals surface area (Å²) in [5.41, 5.74) is 2.95. The van der Waals surface area contributed by atoms with Crippen LogP contribution in [0.2, 0.25) is 5.02 Å². The average molecular weight is 400 g/mol. The zero-order chi connectivity index (χ0) is 19.7. The molecule has 1 aromatic carbocycles. The van der Waals surface area contributed by atoms with Gasteiger partial charge in [0.15, 0.2) is 5.78 Å². The van der Waals surface area contributed by atoms with Crippen LogP contribution in [0.4, 0.5) is 0 Å². The van der Waals surface area contributed by atoms with Crippen molar-refractivity contribution < 1.29 is 14.3 Å². The highest BCUT2D eigenvalue weighted by atomic mass is 35.5. The predicted octanol–water partition coefficient (Wildman–Crippen LogP) is 5.04. The number of halogens is 1. The van der Waals surface area contributed by atoms with E-state index in [2.05, 4.69) is 11.9 Å². The van der Waals surface area contributed by atoms with Gasteiger partial charge in [-0.2, -0.15) is 0 Å². The second-order valence-corrected chi connectivity index (χ2v) is 8.40. The minimum absolute atomic E-state index is 0.0432. The monoisotopic (exact) mass is 399 g/mol.